The number of carbonyl (C=O) groups is 3. The maximum atomic E-state index is 13.2. The molecular formula is C26H42ClN3O5. The third-order valence-corrected chi connectivity index (χ3v) is 6.76. The summed E-state index contributed by atoms with van der Waals surface area (Å²) in [6.07, 6.45) is 1.85. The number of hydrogen-bond acceptors (Lipinski definition) is 6. The van der Waals surface area contributed by atoms with Gasteiger partial charge in [-0.2, -0.15) is 0 Å². The number of rotatable bonds is 11. The predicted molar refractivity (Wildman–Crippen MR) is 138 cm³/mol. The van der Waals surface area contributed by atoms with Crippen LogP contribution < -0.4 is 16.4 Å². The predicted octanol–water partition coefficient (Wildman–Crippen LogP) is 2.21. The number of aliphatic hydroxyl groups excluding tert-OH is 1. The van der Waals surface area contributed by atoms with Crippen LogP contribution in [0.2, 0.25) is 0 Å². The Hall–Kier alpha value is -2.16. The number of esters is 1. The van der Waals surface area contributed by atoms with E-state index in [2.05, 4.69) is 10.6 Å². The molecule has 4 unspecified atom stereocenters. The molecule has 2 amide bonds. The Morgan fingerprint density at radius 2 is 1.63 bits per heavy atom. The van der Waals surface area contributed by atoms with Crippen molar-refractivity contribution in [2.45, 2.75) is 77.6 Å². The Labute approximate surface area is 215 Å². The van der Waals surface area contributed by atoms with Crippen molar-refractivity contribution in [2.75, 3.05) is 7.11 Å². The minimum absolute atomic E-state index is 0. The number of methoxy groups -OCH3 is 1. The van der Waals surface area contributed by atoms with E-state index in [1.54, 1.807) is 0 Å². The van der Waals surface area contributed by atoms with Crippen molar-refractivity contribution in [1.82, 2.24) is 10.6 Å². The molecule has 1 aliphatic carbocycles. The zero-order valence-electron chi connectivity index (χ0n) is 21.4. The van der Waals surface area contributed by atoms with E-state index >= 15 is 0 Å². The van der Waals surface area contributed by atoms with Gasteiger partial charge >= 0.3 is 5.97 Å². The lowest BCUT2D eigenvalue weighted by molar-refractivity contribution is -0.147. The molecule has 0 bridgehead atoms. The van der Waals surface area contributed by atoms with Gasteiger partial charge in [-0.25, -0.2) is 4.79 Å². The van der Waals surface area contributed by atoms with Crippen LogP contribution >= 0.6 is 12.4 Å². The maximum absolute atomic E-state index is 13.2. The smallest absolute Gasteiger partial charge is 0.328 e. The van der Waals surface area contributed by atoms with Gasteiger partial charge in [-0.15, -0.1) is 12.4 Å². The van der Waals surface area contributed by atoms with Gasteiger partial charge in [0, 0.05) is 12.0 Å². The normalized spacial score (nSPS) is 20.9. The quantitative estimate of drug-likeness (QED) is 0.337. The summed E-state index contributed by atoms with van der Waals surface area (Å²) in [7, 11) is 1.28. The Morgan fingerprint density at radius 1 is 1.03 bits per heavy atom. The summed E-state index contributed by atoms with van der Waals surface area (Å²) in [4.78, 5) is 38.3. The number of halogens is 1. The van der Waals surface area contributed by atoms with Gasteiger partial charge in [0.2, 0.25) is 11.8 Å². The monoisotopic (exact) mass is 511 g/mol. The van der Waals surface area contributed by atoms with E-state index in [1.807, 2.05) is 58.0 Å². The molecule has 0 aromatic heterocycles. The molecule has 35 heavy (non-hydrogen) atoms. The summed E-state index contributed by atoms with van der Waals surface area (Å²) in [5, 5.41) is 16.6. The van der Waals surface area contributed by atoms with Crippen molar-refractivity contribution >= 4 is 30.2 Å². The van der Waals surface area contributed by atoms with Crippen LogP contribution in [0.4, 0.5) is 0 Å². The fourth-order valence-electron chi connectivity index (χ4n) is 4.71. The second-order valence-corrected chi connectivity index (χ2v) is 10.0. The highest BCUT2D eigenvalue weighted by Gasteiger charge is 2.41. The Kier molecular flexibility index (Phi) is 12.7. The topological polar surface area (TPSA) is 131 Å². The fourth-order valence-corrected chi connectivity index (χ4v) is 4.71. The molecule has 198 valence electrons. The van der Waals surface area contributed by atoms with E-state index in [1.165, 1.54) is 7.11 Å². The summed E-state index contributed by atoms with van der Waals surface area (Å²) in [5.41, 5.74) is 7.36. The van der Waals surface area contributed by atoms with Gasteiger partial charge in [0.15, 0.2) is 0 Å². The minimum atomic E-state index is -0.825. The number of benzene rings is 1. The van der Waals surface area contributed by atoms with E-state index in [0.29, 0.717) is 19.3 Å². The Bertz CT molecular complexity index is 820. The van der Waals surface area contributed by atoms with E-state index in [0.717, 1.165) is 12.0 Å². The second kappa shape index (κ2) is 14.4. The highest BCUT2D eigenvalue weighted by Crippen LogP contribution is 2.35. The van der Waals surface area contributed by atoms with E-state index < -0.39 is 42.0 Å². The number of hydrogen-bond donors (Lipinski definition) is 4. The van der Waals surface area contributed by atoms with Gasteiger partial charge in [0.05, 0.1) is 13.2 Å². The number of nitrogens with one attached hydrogen (secondary N) is 2. The van der Waals surface area contributed by atoms with Crippen molar-refractivity contribution in [1.29, 1.82) is 0 Å². The third-order valence-electron chi connectivity index (χ3n) is 6.76. The van der Waals surface area contributed by atoms with E-state index in [9.17, 15) is 19.5 Å². The van der Waals surface area contributed by atoms with Crippen LogP contribution in [0.1, 0.15) is 52.5 Å². The molecule has 1 fully saturated rings. The molecule has 1 aromatic carbocycles. The first-order chi connectivity index (χ1) is 16.1. The number of aliphatic hydroxyl groups is 1. The zero-order valence-corrected chi connectivity index (χ0v) is 22.2. The molecule has 0 radical (unpaired) electrons. The van der Waals surface area contributed by atoms with Crippen molar-refractivity contribution in [3.8, 4) is 0 Å². The first-order valence-electron chi connectivity index (χ1n) is 12.2. The van der Waals surface area contributed by atoms with Gasteiger partial charge in [0.1, 0.15) is 12.1 Å². The maximum Gasteiger partial charge on any atom is 0.328 e. The molecule has 8 nitrogen and oxygen atoms in total. The van der Waals surface area contributed by atoms with Gasteiger partial charge in [-0.3, -0.25) is 9.59 Å². The van der Waals surface area contributed by atoms with Crippen LogP contribution in [-0.4, -0.2) is 54.2 Å². The number of amides is 2. The van der Waals surface area contributed by atoms with Gasteiger partial charge in [-0.05, 0) is 42.6 Å². The van der Waals surface area contributed by atoms with Crippen LogP contribution in [0.3, 0.4) is 0 Å². The fraction of sp³-hybridized carbons (Fsp3) is 0.654. The Balaban J connectivity index is 0.00000612. The molecule has 1 aliphatic rings. The zero-order chi connectivity index (χ0) is 25.4. The van der Waals surface area contributed by atoms with E-state index in [-0.39, 0.29) is 36.1 Å². The Morgan fingerprint density at radius 3 is 2.17 bits per heavy atom. The highest BCUT2D eigenvalue weighted by molar-refractivity contribution is 5.91. The molecule has 1 saturated carbocycles. The number of nitrogens with two attached hydrogens (primary N) is 1. The average molecular weight is 512 g/mol. The number of ether oxygens (including phenoxy) is 1. The molecule has 5 N–H and O–H groups in total. The molecule has 6 atom stereocenters. The van der Waals surface area contributed by atoms with Crippen LogP contribution in [0, 0.1) is 23.7 Å². The minimum Gasteiger partial charge on any atom is -0.467 e. The lowest BCUT2D eigenvalue weighted by atomic mass is 9.84. The SMILES string of the molecule is COC(=O)C(NC(=O)[C@@H](NC(=O)[C@H]1CCCC1C(O)C(N)Cc1ccccc1)C(C)C)C(C)C.Cl. The second-order valence-electron chi connectivity index (χ2n) is 10.0. The van der Waals surface area contributed by atoms with Crippen LogP contribution in [0.15, 0.2) is 30.3 Å². The van der Waals surface area contributed by atoms with Crippen LogP contribution in [0.5, 0.6) is 0 Å². The first-order valence-corrected chi connectivity index (χ1v) is 12.2. The van der Waals surface area contributed by atoms with Crippen molar-refractivity contribution in [3.05, 3.63) is 35.9 Å². The molecule has 2 rings (SSSR count). The molecule has 0 spiro atoms. The molecule has 0 saturated heterocycles. The van der Waals surface area contributed by atoms with Crippen molar-refractivity contribution in [3.63, 3.8) is 0 Å². The van der Waals surface area contributed by atoms with Crippen LogP contribution in [-0.2, 0) is 25.5 Å². The molecule has 9 heteroatoms. The summed E-state index contributed by atoms with van der Waals surface area (Å²) in [5.74, 6) is -2.27. The summed E-state index contributed by atoms with van der Waals surface area (Å²) < 4.78 is 4.80. The summed E-state index contributed by atoms with van der Waals surface area (Å²) in [6, 6.07) is 7.63. The first kappa shape index (κ1) is 30.9. The van der Waals surface area contributed by atoms with Gasteiger partial charge in [0.25, 0.3) is 0 Å². The summed E-state index contributed by atoms with van der Waals surface area (Å²) >= 11 is 0. The van der Waals surface area contributed by atoms with Gasteiger partial charge in [-0.1, -0.05) is 64.4 Å². The van der Waals surface area contributed by atoms with Gasteiger partial charge < -0.3 is 26.2 Å². The number of carbonyl (C=O) groups excluding carboxylic acids is 3. The molecule has 0 heterocycles. The van der Waals surface area contributed by atoms with Crippen molar-refractivity contribution in [2.24, 2.45) is 29.4 Å². The lowest BCUT2D eigenvalue weighted by Gasteiger charge is -2.31. The van der Waals surface area contributed by atoms with Crippen molar-refractivity contribution < 1.29 is 24.2 Å². The molecular weight excluding hydrogens is 470 g/mol. The van der Waals surface area contributed by atoms with Crippen LogP contribution in [0.25, 0.3) is 0 Å². The summed E-state index contributed by atoms with van der Waals surface area (Å²) in [6.45, 7) is 7.30. The third kappa shape index (κ3) is 8.47. The molecule has 0 aliphatic heterocycles. The molecule has 1 aromatic rings. The standard InChI is InChI=1S/C26H41N3O5.ClH/c1-15(2)21(25(32)29-22(16(3)4)26(33)34-5)28-24(31)19-13-9-12-18(19)23(30)20(27)14-17-10-7-6-8-11-17;/h6-8,10-11,15-16,18-23,30H,9,12-14,27H2,1-5H3,(H,28,31)(H,29,32);1H/t18?,19-,20?,21-,22?,23?;/m0./s1. The lowest BCUT2D eigenvalue weighted by Crippen LogP contribution is -2.56. The largest absolute Gasteiger partial charge is 0.467 e. The average Bonchev–Trinajstić information content (AvgIpc) is 3.29. The van der Waals surface area contributed by atoms with E-state index in [4.69, 9.17) is 10.5 Å². The highest BCUT2D eigenvalue weighted by atomic mass is 35.5.